The van der Waals surface area contributed by atoms with Gasteiger partial charge in [0.2, 0.25) is 20.0 Å². The molecule has 66 heavy (non-hydrogen) atoms. The van der Waals surface area contributed by atoms with E-state index in [1.165, 1.54) is 48.5 Å². The fourth-order valence-electron chi connectivity index (χ4n) is 8.80. The molecular weight excluding hydrogens is 978 g/mol. The van der Waals surface area contributed by atoms with Crippen molar-refractivity contribution >= 4 is 90.5 Å². The number of rotatable bonds is 8. The molecule has 4 heterocycles. The minimum Gasteiger partial charge on any atom is -0.445 e. The minimum atomic E-state index is -3.81. The van der Waals surface area contributed by atoms with E-state index < -0.39 is 32.2 Å². The first-order valence-electron chi connectivity index (χ1n) is 20.8. The van der Waals surface area contributed by atoms with Gasteiger partial charge in [0.1, 0.15) is 13.2 Å². The van der Waals surface area contributed by atoms with Crippen LogP contribution >= 0.6 is 46.4 Å². The highest BCUT2D eigenvalue weighted by atomic mass is 35.5. The van der Waals surface area contributed by atoms with Crippen LogP contribution in [0.2, 0.25) is 20.1 Å². The van der Waals surface area contributed by atoms with E-state index in [1.54, 1.807) is 56.0 Å². The number of likely N-dealkylation sites (tertiary alicyclic amines) is 4. The van der Waals surface area contributed by atoms with E-state index in [0.29, 0.717) is 107 Å². The Labute approximate surface area is 402 Å². The maximum absolute atomic E-state index is 12.9. The lowest BCUT2D eigenvalue weighted by Crippen LogP contribution is -2.43. The molecule has 4 aliphatic heterocycles. The van der Waals surface area contributed by atoms with Gasteiger partial charge in [-0.25, -0.2) is 36.7 Å². The number of piperidine rings is 2. The summed E-state index contributed by atoms with van der Waals surface area (Å²) in [4.78, 5) is 57.7. The summed E-state index contributed by atoms with van der Waals surface area (Å²) in [6.45, 7) is 4.52. The van der Waals surface area contributed by atoms with Gasteiger partial charge in [-0.05, 0) is 133 Å². The van der Waals surface area contributed by atoms with Crippen molar-refractivity contribution in [2.24, 2.45) is 33.9 Å². The van der Waals surface area contributed by atoms with Gasteiger partial charge in [0.25, 0.3) is 11.8 Å². The van der Waals surface area contributed by atoms with Crippen molar-refractivity contribution in [3.63, 3.8) is 0 Å². The molecule has 4 atom stereocenters. The van der Waals surface area contributed by atoms with Crippen molar-refractivity contribution in [3.8, 4) is 0 Å². The number of carbonyl (C=O) groups excluding carboxylic acids is 4. The zero-order chi connectivity index (χ0) is 47.5. The van der Waals surface area contributed by atoms with Crippen molar-refractivity contribution in [1.82, 2.24) is 19.6 Å². The summed E-state index contributed by atoms with van der Waals surface area (Å²) >= 11 is 23.9. The van der Waals surface area contributed by atoms with E-state index >= 15 is 0 Å². The first-order chi connectivity index (χ1) is 31.2. The zero-order valence-electron chi connectivity index (χ0n) is 35.2. The average Bonchev–Trinajstić information content (AvgIpc) is 3.90. The van der Waals surface area contributed by atoms with E-state index in [0.717, 1.165) is 12.8 Å². The second kappa shape index (κ2) is 20.7. The Hall–Kier alpha value is -4.66. The molecule has 0 radical (unpaired) electrons. The van der Waals surface area contributed by atoms with Crippen LogP contribution in [0.1, 0.15) is 44.7 Å². The zero-order valence-corrected chi connectivity index (χ0v) is 39.9. The molecule has 0 spiro atoms. The maximum atomic E-state index is 12.9. The summed E-state index contributed by atoms with van der Waals surface area (Å²) in [7, 11) is -7.62. The van der Waals surface area contributed by atoms with Gasteiger partial charge in [-0.2, -0.15) is 0 Å². The number of ether oxygens (including phenoxy) is 2. The standard InChI is InChI=1S/2C22H23Cl2N3O5S/c2*23-18-7-14(8-19(24)9-18)13-32-22(29)26-6-5-16-10-27(12-17(16)11-26)21(28)15-1-3-20(4-2-15)33(25,30)31/h2*1-4,7-9,16-17H,5-6,10-13H2,(H2,25,30,31)/t2*16-,17-/m10/s1. The molecule has 0 unspecified atom stereocenters. The fraction of sp³-hybridized carbons (Fsp3) is 0.364. The number of nitrogens with two attached hydrogens (primary N) is 2. The van der Waals surface area contributed by atoms with Gasteiger partial charge in [0.15, 0.2) is 0 Å². The maximum Gasteiger partial charge on any atom is 0.410 e. The highest BCUT2D eigenvalue weighted by molar-refractivity contribution is 7.89. The minimum absolute atomic E-state index is 0.0386. The van der Waals surface area contributed by atoms with E-state index in [1.807, 2.05) is 0 Å². The lowest BCUT2D eigenvalue weighted by Gasteiger charge is -2.33. The predicted molar refractivity (Wildman–Crippen MR) is 247 cm³/mol. The third kappa shape index (κ3) is 12.5. The predicted octanol–water partition coefficient (Wildman–Crippen LogP) is 6.74. The Kier molecular flexibility index (Phi) is 15.4. The number of primary sulfonamides is 2. The largest absolute Gasteiger partial charge is 0.445 e. The first kappa shape index (κ1) is 49.3. The number of amides is 4. The molecule has 22 heteroatoms. The molecule has 4 aromatic rings. The molecule has 0 bridgehead atoms. The number of benzene rings is 4. The molecule has 16 nitrogen and oxygen atoms in total. The van der Waals surface area contributed by atoms with Crippen molar-refractivity contribution in [1.29, 1.82) is 0 Å². The van der Waals surface area contributed by atoms with Crippen LogP contribution in [0.25, 0.3) is 0 Å². The van der Waals surface area contributed by atoms with E-state index in [2.05, 4.69) is 0 Å². The number of sulfonamides is 2. The average molecular weight is 1020 g/mol. The molecule has 4 amide bonds. The van der Waals surface area contributed by atoms with Crippen molar-refractivity contribution < 1.29 is 45.5 Å². The van der Waals surface area contributed by atoms with E-state index in [-0.39, 0.29) is 46.7 Å². The normalized spacial score (nSPS) is 20.5. The molecule has 4 aromatic carbocycles. The topological polar surface area (TPSA) is 220 Å². The van der Waals surface area contributed by atoms with Gasteiger partial charge in [0.05, 0.1) is 9.79 Å². The summed E-state index contributed by atoms with van der Waals surface area (Å²) in [6, 6.07) is 21.2. The molecule has 0 saturated carbocycles. The summed E-state index contributed by atoms with van der Waals surface area (Å²) in [5.74, 6) is 0.565. The Morgan fingerprint density at radius 2 is 0.788 bits per heavy atom. The number of halogens is 4. The second-order valence-electron chi connectivity index (χ2n) is 16.7. The van der Waals surface area contributed by atoms with Crippen LogP contribution in [-0.4, -0.2) is 113 Å². The van der Waals surface area contributed by atoms with Gasteiger partial charge in [0, 0.05) is 83.6 Å². The Morgan fingerprint density at radius 1 is 0.485 bits per heavy atom. The molecule has 352 valence electrons. The van der Waals surface area contributed by atoms with Gasteiger partial charge in [-0.1, -0.05) is 46.4 Å². The molecule has 4 saturated heterocycles. The molecule has 0 aromatic heterocycles. The molecule has 0 aliphatic carbocycles. The molecule has 8 rings (SSSR count). The van der Waals surface area contributed by atoms with Crippen LogP contribution in [0.4, 0.5) is 9.59 Å². The Balaban J connectivity index is 0.000000196. The summed E-state index contributed by atoms with van der Waals surface area (Å²) in [6.07, 6.45) is 0.731. The van der Waals surface area contributed by atoms with Crippen LogP contribution in [-0.2, 0) is 42.7 Å². The summed E-state index contributed by atoms with van der Waals surface area (Å²) in [5, 5.41) is 12.1. The molecular formula is C44H46Cl4N6O10S2. The fourth-order valence-corrected chi connectivity index (χ4v) is 11.0. The first-order valence-corrected chi connectivity index (χ1v) is 25.4. The van der Waals surface area contributed by atoms with Gasteiger partial charge < -0.3 is 29.1 Å². The number of carbonyl (C=O) groups is 4. The lowest BCUT2D eigenvalue weighted by atomic mass is 9.89. The number of nitrogens with zero attached hydrogens (tertiary/aromatic N) is 4. The van der Waals surface area contributed by atoms with Crippen molar-refractivity contribution in [3.05, 3.63) is 127 Å². The third-order valence-electron chi connectivity index (χ3n) is 12.1. The highest BCUT2D eigenvalue weighted by Gasteiger charge is 2.42. The molecule has 4 N–H and O–H groups in total. The quantitative estimate of drug-likeness (QED) is 0.189. The number of hydrogen-bond acceptors (Lipinski definition) is 10. The lowest BCUT2D eigenvalue weighted by molar-refractivity contribution is 0.0720. The monoisotopic (exact) mass is 1020 g/mol. The SMILES string of the molecule is NS(=O)(=O)c1ccc(C(=O)N2C[C@@H]3CCN(C(=O)OCc4cc(Cl)cc(Cl)c4)C[C@H]3C2)cc1.NS(=O)(=O)c1ccc(C(=O)N2C[C@H]3CCN(C(=O)OCc4cc(Cl)cc(Cl)c4)C[C@@H]3C2)cc1. The number of hydrogen-bond donors (Lipinski definition) is 2. The van der Waals surface area contributed by atoms with Crippen LogP contribution in [0.15, 0.2) is 94.7 Å². The van der Waals surface area contributed by atoms with Crippen LogP contribution in [0.3, 0.4) is 0 Å². The van der Waals surface area contributed by atoms with Crippen LogP contribution < -0.4 is 10.3 Å². The molecule has 4 aliphatic rings. The van der Waals surface area contributed by atoms with E-state index in [4.69, 9.17) is 66.2 Å². The van der Waals surface area contributed by atoms with Crippen LogP contribution in [0.5, 0.6) is 0 Å². The number of fused-ring (bicyclic) bond motifs is 2. The molecule has 4 fully saturated rings. The summed E-state index contributed by atoms with van der Waals surface area (Å²) < 4.78 is 56.5. The van der Waals surface area contributed by atoms with Crippen molar-refractivity contribution in [2.45, 2.75) is 35.8 Å². The highest BCUT2D eigenvalue weighted by Crippen LogP contribution is 2.34. The smallest absolute Gasteiger partial charge is 0.410 e. The second-order valence-corrected chi connectivity index (χ2v) is 21.6. The van der Waals surface area contributed by atoms with Crippen LogP contribution in [0, 0.1) is 23.7 Å². The van der Waals surface area contributed by atoms with Gasteiger partial charge in [-0.3, -0.25) is 9.59 Å². The van der Waals surface area contributed by atoms with Gasteiger partial charge in [-0.15, -0.1) is 0 Å². The third-order valence-corrected chi connectivity index (χ3v) is 14.9. The summed E-state index contributed by atoms with van der Waals surface area (Å²) in [5.41, 5.74) is 2.22. The Morgan fingerprint density at radius 3 is 1.11 bits per heavy atom. The Bertz CT molecular complexity index is 2490. The van der Waals surface area contributed by atoms with Gasteiger partial charge >= 0.3 is 12.2 Å². The van der Waals surface area contributed by atoms with Crippen molar-refractivity contribution in [2.75, 3.05) is 52.4 Å². The van der Waals surface area contributed by atoms with E-state index in [9.17, 15) is 36.0 Å².